The van der Waals surface area contributed by atoms with E-state index in [1.165, 1.54) is 6.20 Å². The number of esters is 1. The number of aromatic nitrogens is 1. The van der Waals surface area contributed by atoms with Gasteiger partial charge < -0.3 is 15.2 Å². The van der Waals surface area contributed by atoms with E-state index in [9.17, 15) is 4.79 Å². The monoisotopic (exact) mass is 260 g/mol. The minimum atomic E-state index is -0.442. The molecule has 0 aliphatic carbocycles. The topological polar surface area (TPSA) is 74.4 Å². The van der Waals surface area contributed by atoms with Crippen molar-refractivity contribution in [1.82, 2.24) is 4.98 Å². The van der Waals surface area contributed by atoms with E-state index < -0.39 is 5.97 Å². The second kappa shape index (κ2) is 5.56. The van der Waals surface area contributed by atoms with Crippen LogP contribution in [0, 0.1) is 0 Å². The Morgan fingerprint density at radius 2 is 2.11 bits per heavy atom. The molecule has 0 amide bonds. The first-order valence-electron chi connectivity index (χ1n) is 6.16. The van der Waals surface area contributed by atoms with E-state index in [1.54, 1.807) is 19.1 Å². The van der Waals surface area contributed by atoms with Crippen molar-refractivity contribution in [2.75, 3.05) is 18.9 Å². The lowest BCUT2D eigenvalue weighted by molar-refractivity contribution is 0.0522. The number of carbonyl (C=O) groups excluding carboxylic acids is 1. The zero-order valence-electron chi connectivity index (χ0n) is 11.0. The summed E-state index contributed by atoms with van der Waals surface area (Å²) in [5, 5.41) is 0.715. The highest BCUT2D eigenvalue weighted by Crippen LogP contribution is 2.31. The first kappa shape index (κ1) is 13.1. The number of hydrogen-bond acceptors (Lipinski definition) is 5. The van der Waals surface area contributed by atoms with Gasteiger partial charge in [-0.2, -0.15) is 0 Å². The van der Waals surface area contributed by atoms with Crippen LogP contribution in [0.2, 0.25) is 0 Å². The summed E-state index contributed by atoms with van der Waals surface area (Å²) in [6.45, 7) is 4.36. The number of rotatable bonds is 4. The van der Waals surface area contributed by atoms with Crippen LogP contribution in [0.15, 0.2) is 24.4 Å². The third kappa shape index (κ3) is 2.45. The molecule has 2 rings (SSSR count). The summed E-state index contributed by atoms with van der Waals surface area (Å²) >= 11 is 0. The molecule has 0 radical (unpaired) electrons. The molecule has 19 heavy (non-hydrogen) atoms. The van der Waals surface area contributed by atoms with Crippen LogP contribution in [-0.2, 0) is 4.74 Å². The van der Waals surface area contributed by atoms with Gasteiger partial charge in [0.2, 0.25) is 0 Å². The van der Waals surface area contributed by atoms with Crippen molar-refractivity contribution >= 4 is 22.6 Å². The smallest absolute Gasteiger partial charge is 0.343 e. The molecule has 2 N–H and O–H groups in total. The molecule has 0 atom stereocenters. The van der Waals surface area contributed by atoms with Gasteiger partial charge in [-0.3, -0.25) is 4.98 Å². The molecule has 0 saturated heterocycles. The number of hydrogen-bond donors (Lipinski definition) is 1. The van der Waals surface area contributed by atoms with Gasteiger partial charge >= 0.3 is 5.97 Å². The van der Waals surface area contributed by atoms with Gasteiger partial charge in [0, 0.05) is 11.6 Å². The maximum absolute atomic E-state index is 11.9. The average Bonchev–Trinajstić information content (AvgIpc) is 2.40. The first-order valence-corrected chi connectivity index (χ1v) is 6.16. The number of pyridine rings is 1. The fourth-order valence-electron chi connectivity index (χ4n) is 1.88. The number of carbonyl (C=O) groups is 1. The van der Waals surface area contributed by atoms with Gasteiger partial charge in [-0.15, -0.1) is 0 Å². The summed E-state index contributed by atoms with van der Waals surface area (Å²) in [5.74, 6) is 0.0287. The van der Waals surface area contributed by atoms with Crippen LogP contribution in [0.4, 0.5) is 5.69 Å². The number of anilines is 1. The number of para-hydroxylation sites is 1. The van der Waals surface area contributed by atoms with Crippen molar-refractivity contribution in [3.8, 4) is 5.75 Å². The Kier molecular flexibility index (Phi) is 3.85. The molecule has 0 unspecified atom stereocenters. The maximum atomic E-state index is 11.9. The Labute approximate surface area is 111 Å². The van der Waals surface area contributed by atoms with Crippen LogP contribution in [-0.4, -0.2) is 24.2 Å². The van der Waals surface area contributed by atoms with E-state index in [2.05, 4.69) is 4.98 Å². The molecule has 0 bridgehead atoms. The van der Waals surface area contributed by atoms with Crippen molar-refractivity contribution in [2.45, 2.75) is 13.8 Å². The van der Waals surface area contributed by atoms with Gasteiger partial charge in [-0.05, 0) is 26.0 Å². The minimum absolute atomic E-state index is 0.305. The van der Waals surface area contributed by atoms with E-state index in [0.29, 0.717) is 41.1 Å². The third-order valence-electron chi connectivity index (χ3n) is 2.66. The lowest BCUT2D eigenvalue weighted by Gasteiger charge is -2.12. The number of nitrogens with two attached hydrogens (primary N) is 1. The molecule has 0 fully saturated rings. The summed E-state index contributed by atoms with van der Waals surface area (Å²) in [4.78, 5) is 16.1. The van der Waals surface area contributed by atoms with Crippen LogP contribution in [0.25, 0.3) is 10.9 Å². The second-order valence-corrected chi connectivity index (χ2v) is 3.90. The Balaban J connectivity index is 2.65. The number of benzene rings is 1. The lowest BCUT2D eigenvalue weighted by Crippen LogP contribution is -2.09. The molecule has 5 heteroatoms. The quantitative estimate of drug-likeness (QED) is 0.675. The second-order valence-electron chi connectivity index (χ2n) is 3.90. The predicted molar refractivity (Wildman–Crippen MR) is 73.3 cm³/mol. The Morgan fingerprint density at radius 3 is 2.79 bits per heavy atom. The summed E-state index contributed by atoms with van der Waals surface area (Å²) < 4.78 is 10.6. The van der Waals surface area contributed by atoms with Crippen LogP contribution < -0.4 is 10.5 Å². The SMILES string of the molecule is CCOC(=O)c1cnc2c(N)cccc2c1OCC. The molecule has 5 nitrogen and oxygen atoms in total. The summed E-state index contributed by atoms with van der Waals surface area (Å²) in [6.07, 6.45) is 1.45. The van der Waals surface area contributed by atoms with Crippen LogP contribution >= 0.6 is 0 Å². The Bertz CT molecular complexity index is 611. The lowest BCUT2D eigenvalue weighted by atomic mass is 10.1. The van der Waals surface area contributed by atoms with Gasteiger partial charge in [0.05, 0.1) is 24.4 Å². The van der Waals surface area contributed by atoms with Gasteiger partial charge in [-0.1, -0.05) is 6.07 Å². The van der Waals surface area contributed by atoms with Gasteiger partial charge in [0.15, 0.2) is 0 Å². The van der Waals surface area contributed by atoms with Gasteiger partial charge in [0.25, 0.3) is 0 Å². The molecular formula is C14H16N2O3. The third-order valence-corrected chi connectivity index (χ3v) is 2.66. The molecule has 1 aromatic heterocycles. The number of fused-ring (bicyclic) bond motifs is 1. The van der Waals surface area contributed by atoms with Gasteiger partial charge in [-0.25, -0.2) is 4.79 Å². The number of nitrogens with zero attached hydrogens (tertiary/aromatic N) is 1. The number of ether oxygens (including phenoxy) is 2. The first-order chi connectivity index (χ1) is 9.19. The summed E-state index contributed by atoms with van der Waals surface area (Å²) in [7, 11) is 0. The molecular weight excluding hydrogens is 244 g/mol. The van der Waals surface area contributed by atoms with Crippen molar-refractivity contribution < 1.29 is 14.3 Å². The number of nitrogen functional groups attached to an aromatic ring is 1. The van der Waals surface area contributed by atoms with E-state index in [-0.39, 0.29) is 0 Å². The predicted octanol–water partition coefficient (Wildman–Crippen LogP) is 2.39. The maximum Gasteiger partial charge on any atom is 0.343 e. The van der Waals surface area contributed by atoms with Crippen LogP contribution in [0.3, 0.4) is 0 Å². The van der Waals surface area contributed by atoms with E-state index in [0.717, 1.165) is 0 Å². The Hall–Kier alpha value is -2.30. The van der Waals surface area contributed by atoms with E-state index in [4.69, 9.17) is 15.2 Å². The fraction of sp³-hybridized carbons (Fsp3) is 0.286. The average molecular weight is 260 g/mol. The van der Waals surface area contributed by atoms with E-state index >= 15 is 0 Å². The zero-order chi connectivity index (χ0) is 13.8. The molecule has 0 aliphatic rings. The largest absolute Gasteiger partial charge is 0.492 e. The molecule has 0 spiro atoms. The normalized spacial score (nSPS) is 10.4. The van der Waals surface area contributed by atoms with Crippen molar-refractivity contribution in [3.63, 3.8) is 0 Å². The highest BCUT2D eigenvalue weighted by Gasteiger charge is 2.18. The van der Waals surface area contributed by atoms with Crippen molar-refractivity contribution in [3.05, 3.63) is 30.0 Å². The Morgan fingerprint density at radius 1 is 1.32 bits per heavy atom. The molecule has 100 valence electrons. The molecule has 2 aromatic rings. The van der Waals surface area contributed by atoms with Crippen molar-refractivity contribution in [2.24, 2.45) is 0 Å². The molecule has 1 heterocycles. The molecule has 1 aromatic carbocycles. The molecule has 0 saturated carbocycles. The van der Waals surface area contributed by atoms with Crippen molar-refractivity contribution in [1.29, 1.82) is 0 Å². The highest BCUT2D eigenvalue weighted by molar-refractivity contribution is 6.02. The highest BCUT2D eigenvalue weighted by atomic mass is 16.5. The van der Waals surface area contributed by atoms with Crippen LogP contribution in [0.5, 0.6) is 5.75 Å². The summed E-state index contributed by atoms with van der Waals surface area (Å²) in [5.41, 5.74) is 7.37. The molecule has 0 aliphatic heterocycles. The fourth-order valence-corrected chi connectivity index (χ4v) is 1.88. The minimum Gasteiger partial charge on any atom is -0.492 e. The van der Waals surface area contributed by atoms with Gasteiger partial charge in [0.1, 0.15) is 11.3 Å². The zero-order valence-corrected chi connectivity index (χ0v) is 11.0. The standard InChI is InChI=1S/C14H16N2O3/c1-3-18-13-9-6-5-7-11(15)12(9)16-8-10(13)14(17)19-4-2/h5-8H,3-4,15H2,1-2H3. The summed E-state index contributed by atoms with van der Waals surface area (Å²) in [6, 6.07) is 5.39. The van der Waals surface area contributed by atoms with Crippen LogP contribution in [0.1, 0.15) is 24.2 Å². The van der Waals surface area contributed by atoms with E-state index in [1.807, 2.05) is 13.0 Å².